The average molecular weight is 292 g/mol. The van der Waals surface area contributed by atoms with Gasteiger partial charge in [-0.1, -0.05) is 6.92 Å². The first-order valence-electron chi connectivity index (χ1n) is 6.16. The average Bonchev–Trinajstić information content (AvgIpc) is 2.29. The van der Waals surface area contributed by atoms with Crippen molar-refractivity contribution in [1.82, 2.24) is 0 Å². The predicted octanol–water partition coefficient (Wildman–Crippen LogP) is 0.709. The van der Waals surface area contributed by atoms with Gasteiger partial charge in [0.15, 0.2) is 12.2 Å². The molecule has 0 unspecified atom stereocenters. The molecule has 1 heterocycles. The lowest BCUT2D eigenvalue weighted by Crippen LogP contribution is -2.58. The summed E-state index contributed by atoms with van der Waals surface area (Å²) in [6.07, 6.45) is -3.24. The summed E-state index contributed by atoms with van der Waals surface area (Å²) < 4.78 is 15.9. The molecule has 1 rings (SSSR count). The Bertz CT molecular complexity index is 334. The van der Waals surface area contributed by atoms with Crippen molar-refractivity contribution < 1.29 is 28.9 Å². The number of esters is 2. The SMILES string of the molecule is CCS[C@H]1O[C@@H](C)[C@@H](O)[C@@H](OC(C)=O)[C@@H]1OC(C)=O. The third-order valence-electron chi connectivity index (χ3n) is 2.69. The molecular formula is C12H20O6S. The van der Waals surface area contributed by atoms with Crippen LogP contribution in [0, 0.1) is 0 Å². The van der Waals surface area contributed by atoms with E-state index in [0.29, 0.717) is 0 Å². The van der Waals surface area contributed by atoms with E-state index >= 15 is 0 Å². The van der Waals surface area contributed by atoms with Gasteiger partial charge in [-0.2, -0.15) is 0 Å². The molecule has 7 heteroatoms. The van der Waals surface area contributed by atoms with Gasteiger partial charge in [-0.05, 0) is 12.7 Å². The maximum atomic E-state index is 11.2. The Kier molecular flexibility index (Phi) is 6.09. The molecule has 110 valence electrons. The number of hydrogen-bond acceptors (Lipinski definition) is 7. The van der Waals surface area contributed by atoms with E-state index in [1.807, 2.05) is 6.92 Å². The van der Waals surface area contributed by atoms with Crippen LogP contribution in [0.4, 0.5) is 0 Å². The summed E-state index contributed by atoms with van der Waals surface area (Å²) in [4.78, 5) is 22.3. The molecule has 0 aromatic heterocycles. The molecule has 1 aliphatic heterocycles. The van der Waals surface area contributed by atoms with Crippen LogP contribution in [0.25, 0.3) is 0 Å². The van der Waals surface area contributed by atoms with Crippen LogP contribution in [0.1, 0.15) is 27.7 Å². The summed E-state index contributed by atoms with van der Waals surface area (Å²) in [5.74, 6) is -0.289. The molecule has 0 saturated carbocycles. The van der Waals surface area contributed by atoms with Crippen LogP contribution in [0.3, 0.4) is 0 Å². The first-order valence-corrected chi connectivity index (χ1v) is 7.21. The third kappa shape index (κ3) is 4.36. The number of rotatable bonds is 4. The summed E-state index contributed by atoms with van der Waals surface area (Å²) in [6.45, 7) is 6.15. The zero-order valence-electron chi connectivity index (χ0n) is 11.5. The van der Waals surface area contributed by atoms with Gasteiger partial charge in [0.25, 0.3) is 0 Å². The largest absolute Gasteiger partial charge is 0.456 e. The second-order valence-corrected chi connectivity index (χ2v) is 5.68. The zero-order chi connectivity index (χ0) is 14.6. The molecule has 0 radical (unpaired) electrons. The normalized spacial score (nSPS) is 34.7. The fourth-order valence-corrected chi connectivity index (χ4v) is 2.91. The summed E-state index contributed by atoms with van der Waals surface area (Å²) >= 11 is 1.44. The summed E-state index contributed by atoms with van der Waals surface area (Å²) in [5.41, 5.74) is -0.461. The van der Waals surface area contributed by atoms with Gasteiger partial charge in [-0.15, -0.1) is 11.8 Å². The summed E-state index contributed by atoms with van der Waals surface area (Å²) in [6, 6.07) is 0. The first kappa shape index (κ1) is 16.3. The van der Waals surface area contributed by atoms with Crippen molar-refractivity contribution in [2.45, 2.75) is 57.5 Å². The molecule has 1 N–H and O–H groups in total. The van der Waals surface area contributed by atoms with E-state index in [0.717, 1.165) is 5.75 Å². The van der Waals surface area contributed by atoms with E-state index in [1.165, 1.54) is 25.6 Å². The van der Waals surface area contributed by atoms with Crippen LogP contribution in [-0.4, -0.2) is 52.6 Å². The number of hydrogen-bond donors (Lipinski definition) is 1. The minimum Gasteiger partial charge on any atom is -0.456 e. The highest BCUT2D eigenvalue weighted by Crippen LogP contribution is 2.32. The van der Waals surface area contributed by atoms with Gasteiger partial charge in [0, 0.05) is 13.8 Å². The highest BCUT2D eigenvalue weighted by Gasteiger charge is 2.47. The fraction of sp³-hybridized carbons (Fsp3) is 0.833. The van der Waals surface area contributed by atoms with Gasteiger partial charge in [0.2, 0.25) is 0 Å². The molecule has 19 heavy (non-hydrogen) atoms. The van der Waals surface area contributed by atoms with Crippen LogP contribution >= 0.6 is 11.8 Å². The molecule has 1 saturated heterocycles. The molecule has 1 aliphatic rings. The van der Waals surface area contributed by atoms with E-state index in [1.54, 1.807) is 6.92 Å². The number of carbonyl (C=O) groups is 2. The van der Waals surface area contributed by atoms with E-state index in [-0.39, 0.29) is 0 Å². The Morgan fingerprint density at radius 3 is 2.21 bits per heavy atom. The number of ether oxygens (including phenoxy) is 3. The van der Waals surface area contributed by atoms with Crippen LogP contribution in [-0.2, 0) is 23.8 Å². The van der Waals surface area contributed by atoms with Crippen LogP contribution in [0.5, 0.6) is 0 Å². The second kappa shape index (κ2) is 7.12. The molecule has 0 spiro atoms. The number of carbonyl (C=O) groups excluding carboxylic acids is 2. The quantitative estimate of drug-likeness (QED) is 0.764. The highest BCUT2D eigenvalue weighted by atomic mass is 32.2. The number of aliphatic hydroxyl groups is 1. The Morgan fingerprint density at radius 2 is 1.74 bits per heavy atom. The maximum Gasteiger partial charge on any atom is 0.303 e. The van der Waals surface area contributed by atoms with Gasteiger partial charge in [-0.3, -0.25) is 9.59 Å². The highest BCUT2D eigenvalue weighted by molar-refractivity contribution is 7.99. The third-order valence-corrected chi connectivity index (χ3v) is 3.73. The molecule has 0 amide bonds. The predicted molar refractivity (Wildman–Crippen MR) is 69.6 cm³/mol. The fourth-order valence-electron chi connectivity index (χ4n) is 1.93. The lowest BCUT2D eigenvalue weighted by Gasteiger charge is -2.42. The van der Waals surface area contributed by atoms with Gasteiger partial charge in [0.05, 0.1) is 6.10 Å². The van der Waals surface area contributed by atoms with E-state index in [9.17, 15) is 14.7 Å². The lowest BCUT2D eigenvalue weighted by atomic mass is 10.0. The van der Waals surface area contributed by atoms with Crippen LogP contribution < -0.4 is 0 Å². The van der Waals surface area contributed by atoms with Crippen molar-refractivity contribution in [3.63, 3.8) is 0 Å². The standard InChI is InChI=1S/C12H20O6S/c1-5-19-12-11(18-8(4)14)10(17-7(3)13)9(15)6(2)16-12/h6,9-12,15H,5H2,1-4H3/t6-,9+,10+,11-,12+/m0/s1. The summed E-state index contributed by atoms with van der Waals surface area (Å²) in [7, 11) is 0. The van der Waals surface area contributed by atoms with Crippen molar-refractivity contribution in [3.05, 3.63) is 0 Å². The second-order valence-electron chi connectivity index (χ2n) is 4.30. The van der Waals surface area contributed by atoms with Gasteiger partial charge >= 0.3 is 11.9 Å². The molecule has 1 fully saturated rings. The lowest BCUT2D eigenvalue weighted by molar-refractivity contribution is -0.220. The molecule has 0 bridgehead atoms. The monoisotopic (exact) mass is 292 g/mol. The molecule has 0 aromatic carbocycles. The molecule has 6 nitrogen and oxygen atoms in total. The van der Waals surface area contributed by atoms with Gasteiger partial charge < -0.3 is 19.3 Å². The van der Waals surface area contributed by atoms with Crippen molar-refractivity contribution >= 4 is 23.7 Å². The van der Waals surface area contributed by atoms with Crippen LogP contribution in [0.15, 0.2) is 0 Å². The van der Waals surface area contributed by atoms with Gasteiger partial charge in [-0.25, -0.2) is 0 Å². The topological polar surface area (TPSA) is 82.1 Å². The first-order chi connectivity index (χ1) is 8.86. The Morgan fingerprint density at radius 1 is 1.21 bits per heavy atom. The number of thioether (sulfide) groups is 1. The minimum absolute atomic E-state index is 0.461. The molecule has 0 aromatic rings. The van der Waals surface area contributed by atoms with E-state index in [2.05, 4.69) is 0 Å². The smallest absolute Gasteiger partial charge is 0.303 e. The van der Waals surface area contributed by atoms with Crippen molar-refractivity contribution in [1.29, 1.82) is 0 Å². The van der Waals surface area contributed by atoms with Gasteiger partial charge in [0.1, 0.15) is 11.5 Å². The molecular weight excluding hydrogens is 272 g/mol. The van der Waals surface area contributed by atoms with Crippen LogP contribution in [0.2, 0.25) is 0 Å². The minimum atomic E-state index is -1.03. The maximum absolute atomic E-state index is 11.2. The number of aliphatic hydroxyl groups excluding tert-OH is 1. The van der Waals surface area contributed by atoms with Crippen molar-refractivity contribution in [2.24, 2.45) is 0 Å². The van der Waals surface area contributed by atoms with Crippen molar-refractivity contribution in [2.75, 3.05) is 5.75 Å². The zero-order valence-corrected chi connectivity index (χ0v) is 12.3. The van der Waals surface area contributed by atoms with E-state index < -0.39 is 41.8 Å². The Hall–Kier alpha value is -0.790. The summed E-state index contributed by atoms with van der Waals surface area (Å²) in [5, 5.41) is 10.1. The Labute approximate surface area is 116 Å². The molecule has 0 aliphatic carbocycles. The van der Waals surface area contributed by atoms with E-state index in [4.69, 9.17) is 14.2 Å². The molecule has 5 atom stereocenters. The van der Waals surface area contributed by atoms with Crippen molar-refractivity contribution in [3.8, 4) is 0 Å². The Balaban J connectivity index is 2.93.